The molecule has 0 bridgehead atoms. The summed E-state index contributed by atoms with van der Waals surface area (Å²) < 4.78 is 13.8. The standard InChI is InChI=1S/C13H16BrFN2O/c1-9-4-6-17(7-5-9)13(18)16-12-8-10(15)2-3-11(12)14/h2-3,8-9H,4-7H2,1H3,(H,16,18). The Kier molecular flexibility index (Phi) is 4.22. The van der Waals surface area contributed by atoms with Gasteiger partial charge < -0.3 is 10.2 Å². The average Bonchev–Trinajstić information content (AvgIpc) is 2.34. The molecule has 2 amide bonds. The van der Waals surface area contributed by atoms with Crippen LogP contribution in [0.4, 0.5) is 14.9 Å². The number of hydrogen-bond acceptors (Lipinski definition) is 1. The fraction of sp³-hybridized carbons (Fsp3) is 0.462. The molecule has 1 aliphatic heterocycles. The molecule has 0 aliphatic carbocycles. The van der Waals surface area contributed by atoms with Crippen LogP contribution in [-0.4, -0.2) is 24.0 Å². The first-order chi connectivity index (χ1) is 8.56. The van der Waals surface area contributed by atoms with E-state index < -0.39 is 0 Å². The van der Waals surface area contributed by atoms with E-state index in [1.54, 1.807) is 11.0 Å². The third-order valence-electron chi connectivity index (χ3n) is 3.24. The van der Waals surface area contributed by atoms with Crippen molar-refractivity contribution in [3.63, 3.8) is 0 Å². The molecule has 98 valence electrons. The average molecular weight is 315 g/mol. The molecule has 1 aromatic carbocycles. The Bertz CT molecular complexity index is 445. The van der Waals surface area contributed by atoms with Gasteiger partial charge in [0.1, 0.15) is 5.82 Å². The Hall–Kier alpha value is -1.10. The van der Waals surface area contributed by atoms with Crippen LogP contribution in [0.1, 0.15) is 19.8 Å². The molecule has 2 rings (SSSR count). The monoisotopic (exact) mass is 314 g/mol. The summed E-state index contributed by atoms with van der Waals surface area (Å²) in [6.45, 7) is 3.72. The molecule has 1 aliphatic rings. The molecule has 18 heavy (non-hydrogen) atoms. The number of nitrogens with zero attached hydrogens (tertiary/aromatic N) is 1. The first-order valence-corrected chi connectivity index (χ1v) is 6.86. The zero-order valence-corrected chi connectivity index (χ0v) is 11.8. The van der Waals surface area contributed by atoms with E-state index in [-0.39, 0.29) is 11.8 Å². The highest BCUT2D eigenvalue weighted by Gasteiger charge is 2.20. The van der Waals surface area contributed by atoms with Crippen LogP contribution in [0.2, 0.25) is 0 Å². The molecule has 0 atom stereocenters. The Balaban J connectivity index is 2.00. The normalized spacial score (nSPS) is 16.7. The summed E-state index contributed by atoms with van der Waals surface area (Å²) in [4.78, 5) is 13.8. The van der Waals surface area contributed by atoms with E-state index in [0.29, 0.717) is 16.1 Å². The topological polar surface area (TPSA) is 32.3 Å². The van der Waals surface area contributed by atoms with E-state index in [4.69, 9.17) is 0 Å². The number of urea groups is 1. The molecule has 5 heteroatoms. The number of anilines is 1. The minimum atomic E-state index is -0.360. The van der Waals surface area contributed by atoms with Crippen LogP contribution in [0.15, 0.2) is 22.7 Å². The van der Waals surface area contributed by atoms with Gasteiger partial charge in [-0.05, 0) is 52.9 Å². The summed E-state index contributed by atoms with van der Waals surface area (Å²) in [7, 11) is 0. The highest BCUT2D eigenvalue weighted by atomic mass is 79.9. The van der Waals surface area contributed by atoms with Gasteiger partial charge in [-0.3, -0.25) is 0 Å². The van der Waals surface area contributed by atoms with Crippen molar-refractivity contribution < 1.29 is 9.18 Å². The third-order valence-corrected chi connectivity index (χ3v) is 3.93. The quantitative estimate of drug-likeness (QED) is 0.839. The lowest BCUT2D eigenvalue weighted by Crippen LogP contribution is -2.40. The Morgan fingerprint density at radius 2 is 2.11 bits per heavy atom. The maximum atomic E-state index is 13.1. The maximum Gasteiger partial charge on any atom is 0.321 e. The van der Waals surface area contributed by atoms with Gasteiger partial charge in [0.25, 0.3) is 0 Å². The van der Waals surface area contributed by atoms with Crippen molar-refractivity contribution in [2.24, 2.45) is 5.92 Å². The number of carbonyl (C=O) groups is 1. The molecule has 0 radical (unpaired) electrons. The van der Waals surface area contributed by atoms with E-state index in [0.717, 1.165) is 25.9 Å². The number of halogens is 2. The predicted molar refractivity (Wildman–Crippen MR) is 73.1 cm³/mol. The fourth-order valence-corrected chi connectivity index (χ4v) is 2.34. The fourth-order valence-electron chi connectivity index (χ4n) is 2.00. The summed E-state index contributed by atoms with van der Waals surface area (Å²) in [6.07, 6.45) is 2.05. The Morgan fingerprint density at radius 3 is 2.78 bits per heavy atom. The van der Waals surface area contributed by atoms with Gasteiger partial charge in [-0.2, -0.15) is 0 Å². The van der Waals surface area contributed by atoms with Crippen molar-refractivity contribution in [2.45, 2.75) is 19.8 Å². The first kappa shape index (κ1) is 13.3. The molecule has 1 aromatic rings. The van der Waals surface area contributed by atoms with Gasteiger partial charge in [0, 0.05) is 17.6 Å². The second-order valence-corrected chi connectivity index (χ2v) is 5.58. The number of rotatable bonds is 1. The van der Waals surface area contributed by atoms with Crippen LogP contribution < -0.4 is 5.32 Å². The molecule has 1 N–H and O–H groups in total. The van der Waals surface area contributed by atoms with Gasteiger partial charge in [-0.15, -0.1) is 0 Å². The molecular formula is C13H16BrFN2O. The summed E-state index contributed by atoms with van der Waals surface area (Å²) in [6, 6.07) is 4.09. The van der Waals surface area contributed by atoms with E-state index in [9.17, 15) is 9.18 Å². The van der Waals surface area contributed by atoms with Crippen LogP contribution in [0, 0.1) is 11.7 Å². The second-order valence-electron chi connectivity index (χ2n) is 4.72. The zero-order valence-electron chi connectivity index (χ0n) is 10.2. The van der Waals surface area contributed by atoms with Gasteiger partial charge in [-0.25, -0.2) is 9.18 Å². The molecule has 1 fully saturated rings. The van der Waals surface area contributed by atoms with Crippen molar-refractivity contribution in [2.75, 3.05) is 18.4 Å². The SMILES string of the molecule is CC1CCN(C(=O)Nc2cc(F)ccc2Br)CC1. The lowest BCUT2D eigenvalue weighted by molar-refractivity contribution is 0.186. The molecular weight excluding hydrogens is 299 g/mol. The number of carbonyl (C=O) groups excluding carboxylic acids is 1. The van der Waals surface area contributed by atoms with E-state index in [1.807, 2.05) is 0 Å². The van der Waals surface area contributed by atoms with Crippen LogP contribution in [-0.2, 0) is 0 Å². The molecule has 1 saturated heterocycles. The molecule has 0 saturated carbocycles. The number of benzene rings is 1. The number of amides is 2. The molecule has 1 heterocycles. The summed E-state index contributed by atoms with van der Waals surface area (Å²) in [5.74, 6) is 0.315. The van der Waals surface area contributed by atoms with E-state index in [1.165, 1.54) is 12.1 Å². The lowest BCUT2D eigenvalue weighted by Gasteiger charge is -2.30. The number of nitrogens with one attached hydrogen (secondary N) is 1. The van der Waals surface area contributed by atoms with Gasteiger partial charge in [0.05, 0.1) is 5.69 Å². The number of likely N-dealkylation sites (tertiary alicyclic amines) is 1. The van der Waals surface area contributed by atoms with E-state index in [2.05, 4.69) is 28.2 Å². The maximum absolute atomic E-state index is 13.1. The summed E-state index contributed by atoms with van der Waals surface area (Å²) in [5, 5.41) is 2.74. The highest BCUT2D eigenvalue weighted by Crippen LogP contribution is 2.24. The smallest absolute Gasteiger partial charge is 0.321 e. The predicted octanol–water partition coefficient (Wildman–Crippen LogP) is 3.85. The second kappa shape index (κ2) is 5.69. The minimum Gasteiger partial charge on any atom is -0.325 e. The van der Waals surface area contributed by atoms with Crippen LogP contribution in [0.5, 0.6) is 0 Å². The summed E-state index contributed by atoms with van der Waals surface area (Å²) in [5.41, 5.74) is 0.471. The van der Waals surface area contributed by atoms with Crippen molar-refractivity contribution >= 4 is 27.6 Å². The molecule has 0 aromatic heterocycles. The molecule has 0 spiro atoms. The Morgan fingerprint density at radius 1 is 1.44 bits per heavy atom. The van der Waals surface area contributed by atoms with Crippen molar-refractivity contribution in [3.05, 3.63) is 28.5 Å². The van der Waals surface area contributed by atoms with Crippen molar-refractivity contribution in [1.29, 1.82) is 0 Å². The first-order valence-electron chi connectivity index (χ1n) is 6.07. The third kappa shape index (κ3) is 3.22. The highest BCUT2D eigenvalue weighted by molar-refractivity contribution is 9.10. The van der Waals surface area contributed by atoms with Crippen LogP contribution in [0.25, 0.3) is 0 Å². The van der Waals surface area contributed by atoms with E-state index >= 15 is 0 Å². The zero-order chi connectivity index (χ0) is 13.1. The Labute approximate surface area is 114 Å². The van der Waals surface area contributed by atoms with Gasteiger partial charge >= 0.3 is 6.03 Å². The molecule has 0 unspecified atom stereocenters. The molecule has 3 nitrogen and oxygen atoms in total. The van der Waals surface area contributed by atoms with Gasteiger partial charge in [-0.1, -0.05) is 6.92 Å². The van der Waals surface area contributed by atoms with Crippen LogP contribution >= 0.6 is 15.9 Å². The van der Waals surface area contributed by atoms with Crippen molar-refractivity contribution in [1.82, 2.24) is 4.90 Å². The van der Waals surface area contributed by atoms with Crippen LogP contribution in [0.3, 0.4) is 0 Å². The summed E-state index contributed by atoms with van der Waals surface area (Å²) >= 11 is 3.29. The van der Waals surface area contributed by atoms with Gasteiger partial charge in [0.15, 0.2) is 0 Å². The van der Waals surface area contributed by atoms with Gasteiger partial charge in [0.2, 0.25) is 0 Å². The minimum absolute atomic E-state index is 0.159. The number of hydrogen-bond donors (Lipinski definition) is 1. The largest absolute Gasteiger partial charge is 0.325 e. The number of piperidine rings is 1. The van der Waals surface area contributed by atoms with Crippen molar-refractivity contribution in [3.8, 4) is 0 Å². The lowest BCUT2D eigenvalue weighted by atomic mass is 10.00.